The Balaban J connectivity index is 0.000000810. The molecule has 0 spiro atoms. The van der Waals surface area contributed by atoms with Gasteiger partial charge in [0, 0.05) is 0 Å². The lowest BCUT2D eigenvalue weighted by Gasteiger charge is -2.45. The first-order valence-corrected chi connectivity index (χ1v) is 20.6. The molecule has 0 aromatic heterocycles. The van der Waals surface area contributed by atoms with Gasteiger partial charge >= 0.3 is 0 Å². The molecule has 0 heterocycles. The summed E-state index contributed by atoms with van der Waals surface area (Å²) in [6.07, 6.45) is -7.99. The Morgan fingerprint density at radius 3 is 0.513 bits per heavy atom. The van der Waals surface area contributed by atoms with E-state index >= 15 is 87.8 Å². The molecule has 0 fully saturated rings. The van der Waals surface area contributed by atoms with E-state index < -0.39 is 234 Å². The summed E-state index contributed by atoms with van der Waals surface area (Å²) >= 11 is 0. The van der Waals surface area contributed by atoms with Gasteiger partial charge in [-0.15, -0.1) is 21.9 Å². The van der Waals surface area contributed by atoms with Crippen molar-refractivity contribution in [3.8, 4) is 0 Å². The maximum Gasteiger partial charge on any atom is 0.198 e. The number of hydrogen-bond donors (Lipinski definition) is 1. The van der Waals surface area contributed by atoms with Crippen LogP contribution in [0.1, 0.15) is 0 Å². The average Bonchev–Trinajstić information content (AvgIpc) is 2.25. The molecule has 0 radical (unpaired) electrons. The Hall–Kier alpha value is -7.92. The van der Waals surface area contributed by atoms with Crippen LogP contribution in [0, 0.1) is 163 Å². The number of quaternary nitrogens is 1. The van der Waals surface area contributed by atoms with E-state index in [1.54, 1.807) is 0 Å². The SMILES string of the molecule is C[NH+](C)c1ccccc1.Fc1c(F)c(F)c2c(F)c([B-](c3c(F)c(F)c4c(F)c(F)c(F)c(F)c4c3F)(c3c(F)c(F)c4c(F)c(F)c(F)c(F)c4c3F)c3c(F)c(F)c4c(F)c(F)c(F)c(F)c4c3F)c(F)c(F)c2c1F. The van der Waals surface area contributed by atoms with Crippen molar-refractivity contribution in [2.75, 3.05) is 14.1 Å². The molecule has 0 saturated carbocycles. The molecule has 78 heavy (non-hydrogen) atoms. The molecule has 0 saturated heterocycles. The van der Waals surface area contributed by atoms with Gasteiger partial charge in [-0.05, 0) is 12.1 Å². The minimum absolute atomic E-state index is 1.33. The van der Waals surface area contributed by atoms with E-state index in [2.05, 4.69) is 38.4 Å². The van der Waals surface area contributed by atoms with Crippen LogP contribution in [0.5, 0.6) is 0 Å². The molecule has 0 amide bonds. The predicted octanol–water partition coefficient (Wildman–Crippen LogP) is 12.0. The fourth-order valence-corrected chi connectivity index (χ4v) is 9.17. The van der Waals surface area contributed by atoms with Gasteiger partial charge in [-0.3, -0.25) is 0 Å². The van der Waals surface area contributed by atoms with Gasteiger partial charge in [0.2, 0.25) is 0 Å². The normalized spacial score (nSPS) is 12.1. The molecule has 1 nitrogen and oxygen atoms in total. The van der Waals surface area contributed by atoms with Gasteiger partial charge in [0.25, 0.3) is 0 Å². The van der Waals surface area contributed by atoms with Crippen LogP contribution >= 0.6 is 0 Å². The zero-order valence-corrected chi connectivity index (χ0v) is 37.0. The van der Waals surface area contributed by atoms with Crippen molar-refractivity contribution >= 4 is 76.8 Å². The Bertz CT molecular complexity index is 3670. The highest BCUT2D eigenvalue weighted by Crippen LogP contribution is 2.41. The molecule has 0 aliphatic rings. The van der Waals surface area contributed by atoms with Gasteiger partial charge in [-0.2, -0.15) is 0 Å². The summed E-state index contributed by atoms with van der Waals surface area (Å²) in [4.78, 5) is 1.37. The Kier molecular flexibility index (Phi) is 13.9. The van der Waals surface area contributed by atoms with Crippen LogP contribution in [0.2, 0.25) is 0 Å². The highest BCUT2D eigenvalue weighted by Gasteiger charge is 2.52. The lowest BCUT2D eigenvalue weighted by molar-refractivity contribution is -0.786. The molecule has 30 heteroatoms. The van der Waals surface area contributed by atoms with Gasteiger partial charge in [-0.1, -0.05) is 18.2 Å². The zero-order valence-electron chi connectivity index (χ0n) is 37.0. The average molecular weight is 1150 g/mol. The lowest BCUT2D eigenvalue weighted by atomic mass is 9.12. The van der Waals surface area contributed by atoms with Crippen molar-refractivity contribution in [2.45, 2.75) is 0 Å². The summed E-state index contributed by atoms with van der Waals surface area (Å²) in [6, 6.07) is 10.4. The third kappa shape index (κ3) is 7.36. The maximum atomic E-state index is 17.4. The van der Waals surface area contributed by atoms with Crippen LogP contribution in [0.15, 0.2) is 30.3 Å². The molecule has 9 aromatic carbocycles. The van der Waals surface area contributed by atoms with E-state index in [1.165, 1.54) is 10.6 Å². The molecule has 0 atom stereocenters. The smallest absolute Gasteiger partial charge is 0.198 e. The monoisotopic (exact) mass is 1150 g/mol. The molecular formula is C48H12BF28N. The first-order valence-electron chi connectivity index (χ1n) is 20.6. The Morgan fingerprint density at radius 1 is 0.205 bits per heavy atom. The van der Waals surface area contributed by atoms with Crippen molar-refractivity contribution in [1.29, 1.82) is 0 Å². The Labute approximate surface area is 411 Å². The fraction of sp³-hybridized carbons (Fsp3) is 0.0417. The number of rotatable bonds is 5. The number of hydrogen-bond acceptors (Lipinski definition) is 0. The minimum atomic E-state index is -7.99. The Morgan fingerprint density at radius 2 is 0.359 bits per heavy atom. The molecule has 408 valence electrons. The number of benzene rings is 9. The van der Waals surface area contributed by atoms with Crippen molar-refractivity contribution in [1.82, 2.24) is 0 Å². The molecule has 0 unspecified atom stereocenters. The number of halogens is 28. The van der Waals surface area contributed by atoms with Crippen LogP contribution in [0.3, 0.4) is 0 Å². The molecule has 0 aliphatic heterocycles. The second-order valence-electron chi connectivity index (χ2n) is 16.7. The van der Waals surface area contributed by atoms with E-state index in [4.69, 9.17) is 0 Å². The van der Waals surface area contributed by atoms with Crippen LogP contribution in [0.25, 0.3) is 43.1 Å². The summed E-state index contributed by atoms with van der Waals surface area (Å²) < 4.78 is 442. The fourth-order valence-electron chi connectivity index (χ4n) is 9.17. The number of para-hydroxylation sites is 1. The number of fused-ring (bicyclic) bond motifs is 4. The largest absolute Gasteiger partial charge is 0.307 e. The molecular weight excluding hydrogens is 1130 g/mol. The molecule has 1 N–H and O–H groups in total. The van der Waals surface area contributed by atoms with E-state index in [1.807, 2.05) is 6.07 Å². The van der Waals surface area contributed by atoms with Gasteiger partial charge in [0.15, 0.2) is 116 Å². The van der Waals surface area contributed by atoms with Gasteiger partial charge in [-0.25, -0.2) is 123 Å². The summed E-state index contributed by atoms with van der Waals surface area (Å²) in [5, 5.41) is -25.0. The van der Waals surface area contributed by atoms with Crippen LogP contribution in [-0.2, 0) is 0 Å². The van der Waals surface area contributed by atoms with Crippen LogP contribution in [0.4, 0.5) is 129 Å². The van der Waals surface area contributed by atoms with Crippen molar-refractivity contribution in [3.63, 3.8) is 0 Å². The molecule has 9 aromatic rings. The van der Waals surface area contributed by atoms with E-state index in [0.717, 1.165) is 0 Å². The van der Waals surface area contributed by atoms with E-state index in [-0.39, 0.29) is 0 Å². The first-order chi connectivity index (χ1) is 36.3. The van der Waals surface area contributed by atoms with Crippen molar-refractivity contribution in [2.24, 2.45) is 0 Å². The third-order valence-electron chi connectivity index (χ3n) is 12.6. The topological polar surface area (TPSA) is 4.44 Å². The van der Waals surface area contributed by atoms with E-state index in [0.29, 0.717) is 0 Å². The quantitative estimate of drug-likeness (QED) is 0.0758. The molecule has 0 bridgehead atoms. The zero-order chi connectivity index (χ0) is 58.3. The van der Waals surface area contributed by atoms with Crippen LogP contribution in [-0.4, -0.2) is 20.2 Å². The molecule has 0 aliphatic carbocycles. The maximum absolute atomic E-state index is 17.4. The predicted molar refractivity (Wildman–Crippen MR) is 218 cm³/mol. The second-order valence-corrected chi connectivity index (χ2v) is 16.7. The first kappa shape index (κ1) is 56.3. The summed E-state index contributed by atoms with van der Waals surface area (Å²) in [5.41, 5.74) is -14.5. The van der Waals surface area contributed by atoms with Gasteiger partial charge < -0.3 is 4.90 Å². The molecule has 9 rings (SSSR count). The highest BCUT2D eigenvalue weighted by molar-refractivity contribution is 7.20. The summed E-state index contributed by atoms with van der Waals surface area (Å²) in [6.45, 7) is 0. The van der Waals surface area contributed by atoms with Gasteiger partial charge in [0.05, 0.1) is 57.2 Å². The van der Waals surface area contributed by atoms with Gasteiger partial charge in [0.1, 0.15) is 58.4 Å². The third-order valence-corrected chi connectivity index (χ3v) is 12.6. The summed E-state index contributed by atoms with van der Waals surface area (Å²) in [5.74, 6) is -102. The standard InChI is InChI=1S/C40BF28.C8H11N/c42-13-1-5(25(54)37(66)33(62)21(1)50)17(46)29(58)9(13)41(10-14(43)2-6(18(47)30(10)59)26(55)38(67)34(63)22(2)51,11-15(44)3-7(19(48)31(11)60)27(56)39(68)35(64)23(3)52)12-16(45)4-8(20(49)32(12)61)28(57)40(69)36(65)24(4)53;1-9(2)8-6-4-3-5-7-8/h;3-7H,1-2H3/q-1;/p+1. The lowest BCUT2D eigenvalue weighted by Crippen LogP contribution is -3.00. The van der Waals surface area contributed by atoms with E-state index in [9.17, 15) is 35.1 Å². The number of nitrogens with one attached hydrogen (secondary N) is 1. The van der Waals surface area contributed by atoms with Crippen molar-refractivity contribution in [3.05, 3.63) is 193 Å². The summed E-state index contributed by atoms with van der Waals surface area (Å²) in [7, 11) is 4.24. The second kappa shape index (κ2) is 19.2. The van der Waals surface area contributed by atoms with Crippen molar-refractivity contribution < 1.29 is 128 Å². The van der Waals surface area contributed by atoms with Crippen LogP contribution < -0.4 is 26.8 Å². The minimum Gasteiger partial charge on any atom is -0.307 e. The highest BCUT2D eigenvalue weighted by atomic mass is 19.2.